The molecule has 0 aliphatic carbocycles. The van der Waals surface area contributed by atoms with E-state index in [1.165, 1.54) is 12.1 Å². The summed E-state index contributed by atoms with van der Waals surface area (Å²) in [5.74, 6) is 1.13. The van der Waals surface area contributed by atoms with Gasteiger partial charge < -0.3 is 5.32 Å². The molecule has 0 fully saturated rings. The van der Waals surface area contributed by atoms with Gasteiger partial charge in [-0.1, -0.05) is 12.1 Å². The molecule has 7 heteroatoms. The Balaban J connectivity index is 2.15. The number of nitriles is 1. The van der Waals surface area contributed by atoms with Crippen LogP contribution >= 0.6 is 0 Å². The maximum Gasteiger partial charge on any atom is 0.270 e. The standard InChI is InChI=1S/C16H17N5O2/c1-12-10-15(18-9-4-2-3-8-17)20-16(19-12)13-6-5-7-14(11-13)21(22)23/h5-7,10-11H,2-4,9H2,1H3,(H,18,19,20). The second-order valence-electron chi connectivity index (χ2n) is 5.07. The van der Waals surface area contributed by atoms with E-state index >= 15 is 0 Å². The molecule has 0 spiro atoms. The third-order valence-corrected chi connectivity index (χ3v) is 3.19. The van der Waals surface area contributed by atoms with Crippen molar-refractivity contribution >= 4 is 11.5 Å². The van der Waals surface area contributed by atoms with Crippen LogP contribution in [0, 0.1) is 28.4 Å². The van der Waals surface area contributed by atoms with E-state index in [0.29, 0.717) is 30.2 Å². The van der Waals surface area contributed by atoms with Crippen LogP contribution in [0.3, 0.4) is 0 Å². The lowest BCUT2D eigenvalue weighted by Gasteiger charge is -2.08. The predicted octanol–water partition coefficient (Wildman–Crippen LogP) is 3.47. The van der Waals surface area contributed by atoms with Crippen LogP contribution in [0.5, 0.6) is 0 Å². The molecule has 0 bridgehead atoms. The van der Waals surface area contributed by atoms with Crippen LogP contribution in [0.4, 0.5) is 11.5 Å². The van der Waals surface area contributed by atoms with Gasteiger partial charge in [-0.25, -0.2) is 9.97 Å². The fraction of sp³-hybridized carbons (Fsp3) is 0.312. The molecule has 118 valence electrons. The zero-order chi connectivity index (χ0) is 16.7. The summed E-state index contributed by atoms with van der Waals surface area (Å²) in [6, 6.07) is 10.2. The molecular weight excluding hydrogens is 294 g/mol. The number of nitrogens with one attached hydrogen (secondary N) is 1. The summed E-state index contributed by atoms with van der Waals surface area (Å²) < 4.78 is 0. The Morgan fingerprint density at radius 3 is 2.87 bits per heavy atom. The van der Waals surface area contributed by atoms with E-state index < -0.39 is 4.92 Å². The van der Waals surface area contributed by atoms with E-state index in [0.717, 1.165) is 18.5 Å². The van der Waals surface area contributed by atoms with Gasteiger partial charge in [-0.15, -0.1) is 0 Å². The maximum absolute atomic E-state index is 10.9. The monoisotopic (exact) mass is 311 g/mol. The average molecular weight is 311 g/mol. The van der Waals surface area contributed by atoms with Crippen LogP contribution in [-0.4, -0.2) is 21.4 Å². The number of rotatable bonds is 7. The lowest BCUT2D eigenvalue weighted by Crippen LogP contribution is -2.05. The van der Waals surface area contributed by atoms with Gasteiger partial charge in [-0.3, -0.25) is 10.1 Å². The first kappa shape index (κ1) is 16.4. The Hall–Kier alpha value is -3.01. The molecule has 0 atom stereocenters. The van der Waals surface area contributed by atoms with Gasteiger partial charge in [0.15, 0.2) is 5.82 Å². The molecule has 1 N–H and O–H groups in total. The van der Waals surface area contributed by atoms with Gasteiger partial charge in [-0.05, 0) is 19.8 Å². The molecule has 0 aliphatic heterocycles. The molecule has 1 aromatic heterocycles. The van der Waals surface area contributed by atoms with Crippen molar-refractivity contribution in [3.05, 3.63) is 46.1 Å². The summed E-state index contributed by atoms with van der Waals surface area (Å²) in [7, 11) is 0. The Morgan fingerprint density at radius 2 is 2.13 bits per heavy atom. The fourth-order valence-electron chi connectivity index (χ4n) is 2.09. The number of nitro groups is 1. The van der Waals surface area contributed by atoms with Crippen LogP contribution in [-0.2, 0) is 0 Å². The van der Waals surface area contributed by atoms with Gasteiger partial charge in [0.1, 0.15) is 5.82 Å². The quantitative estimate of drug-likeness (QED) is 0.477. The van der Waals surface area contributed by atoms with Crippen molar-refractivity contribution in [1.29, 1.82) is 5.26 Å². The van der Waals surface area contributed by atoms with Crippen LogP contribution in [0.1, 0.15) is 25.0 Å². The first-order valence-electron chi connectivity index (χ1n) is 7.31. The van der Waals surface area contributed by atoms with E-state index in [1.54, 1.807) is 12.1 Å². The number of nitrogens with zero attached hydrogens (tertiary/aromatic N) is 4. The average Bonchev–Trinajstić information content (AvgIpc) is 2.54. The molecule has 2 aromatic rings. The molecule has 23 heavy (non-hydrogen) atoms. The highest BCUT2D eigenvalue weighted by atomic mass is 16.6. The molecule has 0 saturated carbocycles. The SMILES string of the molecule is Cc1cc(NCCCCC#N)nc(-c2cccc([N+](=O)[O-])c2)n1. The highest BCUT2D eigenvalue weighted by molar-refractivity contribution is 5.61. The van der Waals surface area contributed by atoms with Crippen LogP contribution in [0.25, 0.3) is 11.4 Å². The van der Waals surface area contributed by atoms with E-state index in [1.807, 2.05) is 13.0 Å². The third-order valence-electron chi connectivity index (χ3n) is 3.19. The first-order chi connectivity index (χ1) is 11.1. The molecule has 1 aromatic carbocycles. The lowest BCUT2D eigenvalue weighted by molar-refractivity contribution is -0.384. The van der Waals surface area contributed by atoms with Gasteiger partial charge >= 0.3 is 0 Å². The zero-order valence-electron chi connectivity index (χ0n) is 12.8. The predicted molar refractivity (Wildman–Crippen MR) is 86.8 cm³/mol. The van der Waals surface area contributed by atoms with E-state index in [2.05, 4.69) is 21.4 Å². The van der Waals surface area contributed by atoms with Crippen molar-refractivity contribution in [2.24, 2.45) is 0 Å². The Bertz CT molecular complexity index is 739. The molecule has 0 aliphatic rings. The summed E-state index contributed by atoms with van der Waals surface area (Å²) in [4.78, 5) is 19.2. The van der Waals surface area contributed by atoms with Gasteiger partial charge in [0, 0.05) is 42.4 Å². The summed E-state index contributed by atoms with van der Waals surface area (Å²) in [5, 5.41) is 22.6. The minimum atomic E-state index is -0.437. The number of hydrogen-bond donors (Lipinski definition) is 1. The molecule has 0 saturated heterocycles. The number of aryl methyl sites for hydroxylation is 1. The second kappa shape index (κ2) is 7.84. The zero-order valence-corrected chi connectivity index (χ0v) is 12.8. The topological polar surface area (TPSA) is 105 Å². The van der Waals surface area contributed by atoms with Crippen molar-refractivity contribution in [3.63, 3.8) is 0 Å². The number of aromatic nitrogens is 2. The minimum absolute atomic E-state index is 0.0126. The maximum atomic E-state index is 10.9. The van der Waals surface area contributed by atoms with E-state index in [9.17, 15) is 10.1 Å². The fourth-order valence-corrected chi connectivity index (χ4v) is 2.09. The Kier molecular flexibility index (Phi) is 5.58. The van der Waals surface area contributed by atoms with Gasteiger partial charge in [0.2, 0.25) is 0 Å². The minimum Gasteiger partial charge on any atom is -0.370 e. The molecule has 7 nitrogen and oxygen atoms in total. The number of benzene rings is 1. The molecular formula is C16H17N5O2. The molecule has 2 rings (SSSR count). The summed E-state index contributed by atoms with van der Waals surface area (Å²) >= 11 is 0. The van der Waals surface area contributed by atoms with Crippen molar-refractivity contribution in [1.82, 2.24) is 9.97 Å². The van der Waals surface area contributed by atoms with Gasteiger partial charge in [0.05, 0.1) is 11.0 Å². The van der Waals surface area contributed by atoms with Crippen molar-refractivity contribution < 1.29 is 4.92 Å². The summed E-state index contributed by atoms with van der Waals surface area (Å²) in [6.07, 6.45) is 2.26. The Morgan fingerprint density at radius 1 is 1.30 bits per heavy atom. The Labute approximate surface area is 134 Å². The van der Waals surface area contributed by atoms with Crippen molar-refractivity contribution in [3.8, 4) is 17.5 Å². The smallest absolute Gasteiger partial charge is 0.270 e. The molecule has 0 amide bonds. The molecule has 1 heterocycles. The molecule has 0 unspecified atom stereocenters. The van der Waals surface area contributed by atoms with Crippen molar-refractivity contribution in [2.45, 2.75) is 26.2 Å². The number of unbranched alkanes of at least 4 members (excludes halogenated alkanes) is 2. The lowest BCUT2D eigenvalue weighted by atomic mass is 10.2. The summed E-state index contributed by atoms with van der Waals surface area (Å²) in [5.41, 5.74) is 1.40. The number of nitro benzene ring substituents is 1. The van der Waals surface area contributed by atoms with E-state index in [-0.39, 0.29) is 5.69 Å². The summed E-state index contributed by atoms with van der Waals surface area (Å²) in [6.45, 7) is 2.57. The third kappa shape index (κ3) is 4.74. The highest BCUT2D eigenvalue weighted by Gasteiger charge is 2.10. The number of non-ortho nitro benzene ring substituents is 1. The molecule has 0 radical (unpaired) electrons. The number of hydrogen-bond acceptors (Lipinski definition) is 6. The van der Waals surface area contributed by atoms with Crippen LogP contribution < -0.4 is 5.32 Å². The largest absolute Gasteiger partial charge is 0.370 e. The first-order valence-corrected chi connectivity index (χ1v) is 7.31. The van der Waals surface area contributed by atoms with Gasteiger partial charge in [-0.2, -0.15) is 5.26 Å². The van der Waals surface area contributed by atoms with Crippen molar-refractivity contribution in [2.75, 3.05) is 11.9 Å². The van der Waals surface area contributed by atoms with Crippen LogP contribution in [0.2, 0.25) is 0 Å². The number of anilines is 1. The highest BCUT2D eigenvalue weighted by Crippen LogP contribution is 2.22. The van der Waals surface area contributed by atoms with Gasteiger partial charge in [0.25, 0.3) is 5.69 Å². The van der Waals surface area contributed by atoms with E-state index in [4.69, 9.17) is 5.26 Å². The normalized spacial score (nSPS) is 10.1. The second-order valence-corrected chi connectivity index (χ2v) is 5.07. The van der Waals surface area contributed by atoms with Crippen LogP contribution in [0.15, 0.2) is 30.3 Å².